The average molecular weight is 209 g/mol. The number of piperazine rings is 1. The Labute approximate surface area is 91.3 Å². The fourth-order valence-electron chi connectivity index (χ4n) is 2.45. The van der Waals surface area contributed by atoms with Crippen LogP contribution in [0.1, 0.15) is 25.6 Å². The van der Waals surface area contributed by atoms with E-state index in [0.717, 1.165) is 17.6 Å². The first-order chi connectivity index (χ1) is 7.14. The topological polar surface area (TPSA) is 40.7 Å². The van der Waals surface area contributed by atoms with Gasteiger partial charge in [0, 0.05) is 13.1 Å². The second kappa shape index (κ2) is 3.94. The van der Waals surface area contributed by atoms with Crippen molar-refractivity contribution in [2.75, 3.05) is 26.7 Å². The minimum atomic E-state index is 0.490. The molecule has 1 aliphatic heterocycles. The van der Waals surface area contributed by atoms with Crippen molar-refractivity contribution in [3.05, 3.63) is 18.2 Å². The summed E-state index contributed by atoms with van der Waals surface area (Å²) in [6.45, 7) is 8.00. The number of H-pyrrole nitrogens is 1. The van der Waals surface area contributed by atoms with Crippen molar-refractivity contribution in [2.45, 2.75) is 25.9 Å². The quantitative estimate of drug-likeness (QED) is 0.711. The summed E-state index contributed by atoms with van der Waals surface area (Å²) in [4.78, 5) is 7.35. The van der Waals surface area contributed by atoms with E-state index in [0.29, 0.717) is 12.1 Å². The van der Waals surface area contributed by atoms with E-state index in [9.17, 15) is 0 Å². The monoisotopic (exact) mass is 209 g/mol. The van der Waals surface area contributed by atoms with Crippen molar-refractivity contribution >= 4 is 0 Å². The molecular weight excluding hydrogens is 188 g/mol. The van der Waals surface area contributed by atoms with Crippen LogP contribution in [0.3, 0.4) is 0 Å². The lowest BCUT2D eigenvalue weighted by Gasteiger charge is -2.47. The lowest BCUT2D eigenvalue weighted by Crippen LogP contribution is -2.62. The van der Waals surface area contributed by atoms with Gasteiger partial charge in [-0.1, -0.05) is 0 Å². The Morgan fingerprint density at radius 2 is 2.40 bits per heavy atom. The van der Waals surface area contributed by atoms with Crippen LogP contribution in [0.2, 0.25) is 0 Å². The molecule has 1 saturated heterocycles. The van der Waals surface area contributed by atoms with E-state index >= 15 is 0 Å². The van der Waals surface area contributed by atoms with E-state index in [1.165, 1.54) is 12.2 Å². The molecule has 2 N–H and O–H groups in total. The van der Waals surface area contributed by atoms with E-state index in [2.05, 4.69) is 36.2 Å². The molecule has 3 atom stereocenters. The fourth-order valence-corrected chi connectivity index (χ4v) is 2.45. The number of aromatic amines is 1. The molecule has 2 rings (SSSR count). The number of aromatic nitrogens is 2. The van der Waals surface area contributed by atoms with E-state index in [1.807, 2.05) is 6.20 Å². The number of nitrogens with one attached hydrogen (secondary N) is 2. The molecule has 0 spiro atoms. The average Bonchev–Trinajstić information content (AvgIpc) is 2.74. The van der Waals surface area contributed by atoms with Crippen LogP contribution >= 0.6 is 0 Å². The van der Waals surface area contributed by atoms with Crippen LogP contribution < -0.4 is 5.32 Å². The first-order valence-electron chi connectivity index (χ1n) is 5.68. The Hall–Kier alpha value is -0.870. The molecule has 0 aromatic carbocycles. The Balaban J connectivity index is 2.20. The molecule has 4 heteroatoms. The van der Waals surface area contributed by atoms with Gasteiger partial charge in [-0.05, 0) is 13.8 Å². The first kappa shape index (κ1) is 10.6. The summed E-state index contributed by atoms with van der Waals surface area (Å²) in [5.74, 6) is 0. The maximum atomic E-state index is 4.11. The molecule has 4 nitrogen and oxygen atoms in total. The van der Waals surface area contributed by atoms with Crippen LogP contribution in [0.15, 0.2) is 12.5 Å². The normalized spacial score (nSPS) is 33.9. The van der Waals surface area contributed by atoms with Gasteiger partial charge in [0.2, 0.25) is 0 Å². The first-order valence-corrected chi connectivity index (χ1v) is 5.68. The number of imidazole rings is 1. The van der Waals surface area contributed by atoms with Gasteiger partial charge in [-0.25, -0.2) is 4.98 Å². The zero-order valence-corrected chi connectivity index (χ0v) is 9.83. The lowest BCUT2D eigenvalue weighted by atomic mass is 10.1. The van der Waals surface area contributed by atoms with Crippen molar-refractivity contribution in [3.8, 4) is 0 Å². The summed E-state index contributed by atoms with van der Waals surface area (Å²) in [7, 11) is 2.34. The van der Waals surface area contributed by atoms with Gasteiger partial charge in [0.15, 0.2) is 0 Å². The van der Waals surface area contributed by atoms with Gasteiger partial charge in [-0.3, -0.25) is 0 Å². The number of quaternary nitrogens is 1. The van der Waals surface area contributed by atoms with Gasteiger partial charge in [0.1, 0.15) is 6.04 Å². The fraction of sp³-hybridized carbons (Fsp3) is 0.727. The molecule has 84 valence electrons. The predicted octanol–water partition coefficient (Wildman–Crippen LogP) is 0.909. The highest BCUT2D eigenvalue weighted by atomic mass is 15.4. The number of hydrogen-bond donors (Lipinski definition) is 2. The second-order valence-corrected chi connectivity index (χ2v) is 4.81. The highest BCUT2D eigenvalue weighted by Gasteiger charge is 2.38. The highest BCUT2D eigenvalue weighted by molar-refractivity contribution is 4.98. The van der Waals surface area contributed by atoms with Crippen molar-refractivity contribution < 1.29 is 4.48 Å². The molecule has 1 aliphatic rings. The molecule has 3 unspecified atom stereocenters. The summed E-state index contributed by atoms with van der Waals surface area (Å²) in [6.07, 6.45) is 3.72. The lowest BCUT2D eigenvalue weighted by molar-refractivity contribution is -0.960. The Morgan fingerprint density at radius 1 is 1.60 bits per heavy atom. The van der Waals surface area contributed by atoms with Gasteiger partial charge in [-0.2, -0.15) is 0 Å². The van der Waals surface area contributed by atoms with Crippen LogP contribution in [0, 0.1) is 0 Å². The van der Waals surface area contributed by atoms with Crippen molar-refractivity contribution in [1.29, 1.82) is 0 Å². The molecule has 15 heavy (non-hydrogen) atoms. The third-order valence-electron chi connectivity index (χ3n) is 4.07. The van der Waals surface area contributed by atoms with Crippen molar-refractivity contribution in [1.82, 2.24) is 15.3 Å². The molecule has 0 radical (unpaired) electrons. The van der Waals surface area contributed by atoms with Crippen LogP contribution in [-0.4, -0.2) is 47.2 Å². The van der Waals surface area contributed by atoms with Gasteiger partial charge < -0.3 is 14.8 Å². The molecule has 0 aliphatic carbocycles. The Bertz CT molecular complexity index is 308. The smallest absolute Gasteiger partial charge is 0.128 e. The third kappa shape index (κ3) is 1.79. The maximum absolute atomic E-state index is 4.11. The molecular formula is C11H21N4+. The third-order valence-corrected chi connectivity index (χ3v) is 4.07. The van der Waals surface area contributed by atoms with Crippen molar-refractivity contribution in [2.24, 2.45) is 0 Å². The molecule has 2 heterocycles. The van der Waals surface area contributed by atoms with Gasteiger partial charge in [0.25, 0.3) is 0 Å². The molecule has 0 saturated carbocycles. The molecule has 1 aromatic rings. The molecule has 1 fully saturated rings. The van der Waals surface area contributed by atoms with Crippen LogP contribution in [0.25, 0.3) is 0 Å². The summed E-state index contributed by atoms with van der Waals surface area (Å²) in [5, 5.41) is 3.45. The standard InChI is InChI=1S/C11H21N4/c1-9-6-12-4-5-15(9,3)10(2)11-7-13-8-14-11/h7-10,12H,4-6H2,1-3H3,(H,13,14)/q+1. The Morgan fingerprint density at radius 3 is 3.00 bits per heavy atom. The number of likely N-dealkylation sites (N-methyl/N-ethyl adjacent to an activating group) is 1. The van der Waals surface area contributed by atoms with Crippen LogP contribution in [0.5, 0.6) is 0 Å². The number of hydrogen-bond acceptors (Lipinski definition) is 2. The zero-order valence-electron chi connectivity index (χ0n) is 9.83. The van der Waals surface area contributed by atoms with Gasteiger partial charge in [0.05, 0.1) is 37.9 Å². The predicted molar refractivity (Wildman–Crippen MR) is 60.4 cm³/mol. The molecule has 0 amide bonds. The summed E-state index contributed by atoms with van der Waals surface area (Å²) < 4.78 is 1.09. The molecule has 0 bridgehead atoms. The van der Waals surface area contributed by atoms with Crippen LogP contribution in [0.4, 0.5) is 0 Å². The number of nitrogens with zero attached hydrogens (tertiary/aromatic N) is 2. The van der Waals surface area contributed by atoms with Gasteiger partial charge >= 0.3 is 0 Å². The minimum absolute atomic E-state index is 0.490. The Kier molecular flexibility index (Phi) is 2.80. The maximum Gasteiger partial charge on any atom is 0.128 e. The van der Waals surface area contributed by atoms with Crippen LogP contribution in [-0.2, 0) is 0 Å². The highest BCUT2D eigenvalue weighted by Crippen LogP contribution is 2.28. The SMILES string of the molecule is CC1CNCC[N+]1(C)C(C)c1cnc[nH]1. The van der Waals surface area contributed by atoms with E-state index in [-0.39, 0.29) is 0 Å². The van der Waals surface area contributed by atoms with E-state index < -0.39 is 0 Å². The zero-order chi connectivity index (χ0) is 10.9. The summed E-state index contributed by atoms with van der Waals surface area (Å²) >= 11 is 0. The summed E-state index contributed by atoms with van der Waals surface area (Å²) in [6, 6.07) is 1.14. The number of rotatable bonds is 2. The second-order valence-electron chi connectivity index (χ2n) is 4.81. The van der Waals surface area contributed by atoms with E-state index in [4.69, 9.17) is 0 Å². The summed E-state index contributed by atoms with van der Waals surface area (Å²) in [5.41, 5.74) is 1.24. The largest absolute Gasteiger partial charge is 0.344 e. The van der Waals surface area contributed by atoms with E-state index in [1.54, 1.807) is 6.33 Å². The molecule has 1 aromatic heterocycles. The minimum Gasteiger partial charge on any atom is -0.344 e. The van der Waals surface area contributed by atoms with Crippen molar-refractivity contribution in [3.63, 3.8) is 0 Å². The van der Waals surface area contributed by atoms with Gasteiger partial charge in [-0.15, -0.1) is 0 Å².